The molecule has 1 heterocycles. The molecule has 1 amide bonds. The fraction of sp³-hybridized carbons (Fsp3) is 0.556. The molecule has 0 aliphatic rings. The Morgan fingerprint density at radius 1 is 1.59 bits per heavy atom. The van der Waals surface area contributed by atoms with Crippen LogP contribution in [0.4, 0.5) is 0 Å². The molecule has 0 aliphatic carbocycles. The lowest BCUT2D eigenvalue weighted by atomic mass is 10.2. The van der Waals surface area contributed by atoms with Gasteiger partial charge in [0, 0.05) is 6.20 Å². The van der Waals surface area contributed by atoms with Crippen LogP contribution in [0.3, 0.4) is 0 Å². The first kappa shape index (κ1) is 13.5. The predicted octanol–water partition coefficient (Wildman–Crippen LogP) is -0.399. The van der Waals surface area contributed by atoms with Crippen molar-refractivity contribution in [1.29, 1.82) is 0 Å². The van der Waals surface area contributed by atoms with E-state index >= 15 is 0 Å². The molecule has 0 fully saturated rings. The number of aliphatic carboxylic acids is 1. The SMILES string of the molecule is CSCCC(NC(=O)Cn1ccnn1)C(=O)O. The summed E-state index contributed by atoms with van der Waals surface area (Å²) in [4.78, 5) is 22.4. The Balaban J connectivity index is 2.43. The van der Waals surface area contributed by atoms with E-state index in [0.29, 0.717) is 12.2 Å². The topological polar surface area (TPSA) is 97.1 Å². The minimum atomic E-state index is -1.02. The van der Waals surface area contributed by atoms with E-state index in [0.717, 1.165) is 0 Å². The van der Waals surface area contributed by atoms with Crippen molar-refractivity contribution in [3.05, 3.63) is 12.4 Å². The maximum absolute atomic E-state index is 11.5. The van der Waals surface area contributed by atoms with Crippen LogP contribution in [0, 0.1) is 0 Å². The van der Waals surface area contributed by atoms with Gasteiger partial charge in [0.2, 0.25) is 5.91 Å². The molecule has 94 valence electrons. The van der Waals surface area contributed by atoms with E-state index in [2.05, 4.69) is 15.6 Å². The molecule has 0 saturated carbocycles. The molecule has 0 radical (unpaired) electrons. The number of thioether (sulfide) groups is 1. The highest BCUT2D eigenvalue weighted by Crippen LogP contribution is 2.01. The van der Waals surface area contributed by atoms with E-state index in [9.17, 15) is 9.59 Å². The van der Waals surface area contributed by atoms with Gasteiger partial charge in [0.15, 0.2) is 0 Å². The van der Waals surface area contributed by atoms with E-state index < -0.39 is 12.0 Å². The lowest BCUT2D eigenvalue weighted by Crippen LogP contribution is -2.42. The molecule has 1 aromatic rings. The van der Waals surface area contributed by atoms with Crippen LogP contribution in [-0.2, 0) is 16.1 Å². The van der Waals surface area contributed by atoms with Crippen LogP contribution in [0.1, 0.15) is 6.42 Å². The lowest BCUT2D eigenvalue weighted by molar-refractivity contribution is -0.142. The Morgan fingerprint density at radius 2 is 2.35 bits per heavy atom. The second kappa shape index (κ2) is 6.89. The number of nitrogens with zero attached hydrogens (tertiary/aromatic N) is 3. The zero-order valence-electron chi connectivity index (χ0n) is 9.37. The van der Waals surface area contributed by atoms with Crippen molar-refractivity contribution < 1.29 is 14.7 Å². The van der Waals surface area contributed by atoms with Gasteiger partial charge in [0.05, 0.1) is 6.20 Å². The zero-order valence-corrected chi connectivity index (χ0v) is 10.2. The van der Waals surface area contributed by atoms with Gasteiger partial charge in [-0.1, -0.05) is 5.21 Å². The third-order valence-electron chi connectivity index (χ3n) is 2.02. The van der Waals surface area contributed by atoms with Crippen molar-refractivity contribution >= 4 is 23.6 Å². The summed E-state index contributed by atoms with van der Waals surface area (Å²) in [6.07, 6.45) is 5.28. The first-order valence-electron chi connectivity index (χ1n) is 4.98. The standard InChI is InChI=1S/C9H14N4O3S/c1-17-5-2-7(9(15)16)11-8(14)6-13-4-3-10-12-13/h3-4,7H,2,5-6H2,1H3,(H,11,14)(H,15,16). The van der Waals surface area contributed by atoms with Crippen molar-refractivity contribution in [2.75, 3.05) is 12.0 Å². The van der Waals surface area contributed by atoms with Gasteiger partial charge in [-0.15, -0.1) is 5.10 Å². The summed E-state index contributed by atoms with van der Waals surface area (Å²) < 4.78 is 1.34. The molecule has 0 spiro atoms. The van der Waals surface area contributed by atoms with Crippen LogP contribution in [0.15, 0.2) is 12.4 Å². The summed E-state index contributed by atoms with van der Waals surface area (Å²) in [5.41, 5.74) is 0. The molecular weight excluding hydrogens is 244 g/mol. The fourth-order valence-corrected chi connectivity index (χ4v) is 1.67. The van der Waals surface area contributed by atoms with Crippen molar-refractivity contribution in [2.24, 2.45) is 0 Å². The number of carboxylic acids is 1. The highest BCUT2D eigenvalue weighted by atomic mass is 32.2. The third kappa shape index (κ3) is 4.85. The number of carboxylic acid groups (broad SMARTS) is 1. The molecule has 1 unspecified atom stereocenters. The van der Waals surface area contributed by atoms with Gasteiger partial charge in [-0.05, 0) is 18.4 Å². The van der Waals surface area contributed by atoms with Crippen molar-refractivity contribution in [3.8, 4) is 0 Å². The molecule has 7 nitrogen and oxygen atoms in total. The Labute approximate surface area is 103 Å². The average Bonchev–Trinajstić information content (AvgIpc) is 2.76. The zero-order chi connectivity index (χ0) is 12.7. The van der Waals surface area contributed by atoms with E-state index in [4.69, 9.17) is 5.11 Å². The summed E-state index contributed by atoms with van der Waals surface area (Å²) in [5.74, 6) is -0.726. The van der Waals surface area contributed by atoms with E-state index in [1.165, 1.54) is 28.8 Å². The van der Waals surface area contributed by atoms with Gasteiger partial charge in [0.25, 0.3) is 0 Å². The summed E-state index contributed by atoms with van der Waals surface area (Å²) >= 11 is 1.54. The summed E-state index contributed by atoms with van der Waals surface area (Å²) in [6, 6.07) is -0.849. The monoisotopic (exact) mass is 258 g/mol. The number of nitrogens with one attached hydrogen (secondary N) is 1. The first-order valence-corrected chi connectivity index (χ1v) is 6.38. The minimum Gasteiger partial charge on any atom is -0.480 e. The van der Waals surface area contributed by atoms with Crippen molar-refractivity contribution in [1.82, 2.24) is 20.3 Å². The second-order valence-corrected chi connectivity index (χ2v) is 4.33. The van der Waals surface area contributed by atoms with Crippen molar-refractivity contribution in [2.45, 2.75) is 19.0 Å². The second-order valence-electron chi connectivity index (χ2n) is 3.34. The van der Waals surface area contributed by atoms with Gasteiger partial charge in [0.1, 0.15) is 12.6 Å². The third-order valence-corrected chi connectivity index (χ3v) is 2.67. The highest BCUT2D eigenvalue weighted by molar-refractivity contribution is 7.98. The van der Waals surface area contributed by atoms with Crippen LogP contribution >= 0.6 is 11.8 Å². The maximum Gasteiger partial charge on any atom is 0.326 e. The Hall–Kier alpha value is -1.57. The number of carbonyl (C=O) groups is 2. The van der Waals surface area contributed by atoms with Gasteiger partial charge in [-0.25, -0.2) is 9.48 Å². The molecule has 0 aliphatic heterocycles. The van der Waals surface area contributed by atoms with Crippen LogP contribution in [-0.4, -0.2) is 50.0 Å². The van der Waals surface area contributed by atoms with Crippen LogP contribution in [0.25, 0.3) is 0 Å². The van der Waals surface area contributed by atoms with Gasteiger partial charge in [-0.3, -0.25) is 4.79 Å². The minimum absolute atomic E-state index is 0.0248. The Morgan fingerprint density at radius 3 is 2.88 bits per heavy atom. The average molecular weight is 258 g/mol. The molecule has 1 aromatic heterocycles. The van der Waals surface area contributed by atoms with Gasteiger partial charge < -0.3 is 10.4 Å². The van der Waals surface area contributed by atoms with E-state index in [1.807, 2.05) is 6.26 Å². The van der Waals surface area contributed by atoms with Gasteiger partial charge >= 0.3 is 5.97 Å². The number of hydrogen-bond donors (Lipinski definition) is 2. The highest BCUT2D eigenvalue weighted by Gasteiger charge is 2.19. The normalized spacial score (nSPS) is 12.1. The number of aromatic nitrogens is 3. The van der Waals surface area contributed by atoms with E-state index in [1.54, 1.807) is 0 Å². The largest absolute Gasteiger partial charge is 0.480 e. The summed E-state index contributed by atoms with van der Waals surface area (Å²) in [5, 5.41) is 18.5. The summed E-state index contributed by atoms with van der Waals surface area (Å²) in [6.45, 7) is -0.0248. The molecule has 0 saturated heterocycles. The van der Waals surface area contributed by atoms with Crippen LogP contribution in [0.2, 0.25) is 0 Å². The summed E-state index contributed by atoms with van der Waals surface area (Å²) in [7, 11) is 0. The molecule has 0 bridgehead atoms. The molecule has 8 heteroatoms. The van der Waals surface area contributed by atoms with Crippen molar-refractivity contribution in [3.63, 3.8) is 0 Å². The molecule has 0 aromatic carbocycles. The van der Waals surface area contributed by atoms with Crippen LogP contribution in [0.5, 0.6) is 0 Å². The Bertz CT molecular complexity index is 368. The number of amides is 1. The number of hydrogen-bond acceptors (Lipinski definition) is 5. The first-order chi connectivity index (χ1) is 8.13. The molecule has 1 atom stereocenters. The lowest BCUT2D eigenvalue weighted by Gasteiger charge is -2.13. The predicted molar refractivity (Wildman–Crippen MR) is 62.6 cm³/mol. The van der Waals surface area contributed by atoms with Crippen LogP contribution < -0.4 is 5.32 Å². The number of carbonyl (C=O) groups excluding carboxylic acids is 1. The number of rotatable bonds is 7. The molecular formula is C9H14N4O3S. The fourth-order valence-electron chi connectivity index (χ4n) is 1.20. The smallest absolute Gasteiger partial charge is 0.326 e. The molecule has 17 heavy (non-hydrogen) atoms. The van der Waals surface area contributed by atoms with Gasteiger partial charge in [-0.2, -0.15) is 11.8 Å². The molecule has 2 N–H and O–H groups in total. The Kier molecular flexibility index (Phi) is 5.47. The van der Waals surface area contributed by atoms with E-state index in [-0.39, 0.29) is 12.5 Å². The maximum atomic E-state index is 11.5. The quantitative estimate of drug-likeness (QED) is 0.690. The molecule has 1 rings (SSSR count).